The Morgan fingerprint density at radius 2 is 2.05 bits per heavy atom. The van der Waals surface area contributed by atoms with Crippen LogP contribution in [0.25, 0.3) is 6.08 Å². The molecule has 116 valence electrons. The number of carbonyl (C=O) groups is 1. The fourth-order valence-electron chi connectivity index (χ4n) is 1.61. The van der Waals surface area contributed by atoms with Crippen LogP contribution >= 0.6 is 0 Å². The molecule has 0 saturated carbocycles. The molecule has 21 heavy (non-hydrogen) atoms. The highest BCUT2D eigenvalue weighted by Gasteiger charge is 2.06. The Labute approximate surface area is 126 Å². The molecule has 0 radical (unpaired) electrons. The van der Waals surface area contributed by atoms with Gasteiger partial charge in [0.1, 0.15) is 6.61 Å². The van der Waals surface area contributed by atoms with Crippen molar-refractivity contribution in [1.29, 1.82) is 0 Å². The summed E-state index contributed by atoms with van der Waals surface area (Å²) in [4.78, 5) is 11.7. The molecule has 0 spiro atoms. The molecule has 4 nitrogen and oxygen atoms in total. The zero-order valence-electron chi connectivity index (χ0n) is 12.9. The summed E-state index contributed by atoms with van der Waals surface area (Å²) in [6.07, 6.45) is 2.80. The van der Waals surface area contributed by atoms with Crippen LogP contribution in [0.1, 0.15) is 31.9 Å². The number of hydrogen-bond donors (Lipinski definition) is 1. The predicted octanol–water partition coefficient (Wildman–Crippen LogP) is 2.80. The van der Waals surface area contributed by atoms with Gasteiger partial charge in [0.15, 0.2) is 12.1 Å². The van der Waals surface area contributed by atoms with Crippen LogP contribution in [0.5, 0.6) is 0 Å². The molecule has 0 saturated heterocycles. The van der Waals surface area contributed by atoms with Gasteiger partial charge in [-0.2, -0.15) is 0 Å². The Morgan fingerprint density at radius 3 is 2.71 bits per heavy atom. The van der Waals surface area contributed by atoms with Crippen molar-refractivity contribution in [2.24, 2.45) is 5.92 Å². The summed E-state index contributed by atoms with van der Waals surface area (Å²) in [5.41, 5.74) is 1.69. The Bertz CT molecular complexity index is 466. The second-order valence-corrected chi connectivity index (χ2v) is 5.31. The lowest BCUT2D eigenvalue weighted by molar-refractivity contribution is -0.149. The summed E-state index contributed by atoms with van der Waals surface area (Å²) in [5, 5.41) is 9.05. The molecular weight excluding hydrogens is 268 g/mol. The van der Waals surface area contributed by atoms with Gasteiger partial charge in [-0.15, -0.1) is 0 Å². The lowest BCUT2D eigenvalue weighted by atomic mass is 10.1. The minimum Gasteiger partial charge on any atom is -0.392 e. The molecule has 0 aliphatic heterocycles. The average molecular weight is 292 g/mol. The van der Waals surface area contributed by atoms with Gasteiger partial charge in [0.25, 0.3) is 0 Å². The van der Waals surface area contributed by atoms with Crippen molar-refractivity contribution in [1.82, 2.24) is 0 Å². The van der Waals surface area contributed by atoms with E-state index in [1.807, 2.05) is 24.3 Å². The van der Waals surface area contributed by atoms with Crippen molar-refractivity contribution < 1.29 is 19.4 Å². The number of aliphatic hydroxyl groups excluding tert-OH is 1. The Kier molecular flexibility index (Phi) is 7.90. The van der Waals surface area contributed by atoms with E-state index < -0.39 is 0 Å². The van der Waals surface area contributed by atoms with Gasteiger partial charge in [0.2, 0.25) is 0 Å². The third-order valence-electron chi connectivity index (χ3n) is 2.72. The van der Waals surface area contributed by atoms with Gasteiger partial charge in [-0.05, 0) is 36.1 Å². The summed E-state index contributed by atoms with van der Waals surface area (Å²) in [6.45, 7) is 6.49. The largest absolute Gasteiger partial charge is 0.392 e. The second kappa shape index (κ2) is 9.45. The molecule has 1 unspecified atom stereocenters. The molecule has 0 aliphatic carbocycles. The normalized spacial score (nSPS) is 13.0. The topological polar surface area (TPSA) is 55.8 Å². The third-order valence-corrected chi connectivity index (χ3v) is 2.72. The van der Waals surface area contributed by atoms with E-state index in [1.54, 1.807) is 13.0 Å². The highest BCUT2D eigenvalue weighted by molar-refractivity contribution is 5.94. The second-order valence-electron chi connectivity index (χ2n) is 5.31. The molecule has 0 amide bonds. The molecule has 1 aromatic carbocycles. The van der Waals surface area contributed by atoms with Crippen molar-refractivity contribution in [3.8, 4) is 0 Å². The SMILES string of the molecule is CC(C)COC(C)OCC(=O)/C=C/c1cccc(CO)c1. The van der Waals surface area contributed by atoms with E-state index in [1.165, 1.54) is 6.08 Å². The summed E-state index contributed by atoms with van der Waals surface area (Å²) in [6, 6.07) is 7.38. The van der Waals surface area contributed by atoms with Crippen LogP contribution in [0, 0.1) is 5.92 Å². The Balaban J connectivity index is 2.37. The standard InChI is InChI=1S/C17H24O4/c1-13(2)11-20-14(3)21-12-17(19)8-7-15-5-4-6-16(9-15)10-18/h4-9,13-14,18H,10-12H2,1-3H3/b8-7+. The maximum absolute atomic E-state index is 11.7. The Morgan fingerprint density at radius 1 is 1.29 bits per heavy atom. The fourth-order valence-corrected chi connectivity index (χ4v) is 1.61. The van der Waals surface area contributed by atoms with Crippen LogP contribution in [-0.4, -0.2) is 30.4 Å². The maximum atomic E-state index is 11.7. The smallest absolute Gasteiger partial charge is 0.181 e. The number of aliphatic hydroxyl groups is 1. The van der Waals surface area contributed by atoms with Gasteiger partial charge in [-0.25, -0.2) is 0 Å². The first-order chi connectivity index (χ1) is 10.0. The van der Waals surface area contributed by atoms with Crippen LogP contribution < -0.4 is 0 Å². The highest BCUT2D eigenvalue weighted by atomic mass is 16.7. The molecule has 0 heterocycles. The molecule has 0 fully saturated rings. The van der Waals surface area contributed by atoms with E-state index in [-0.39, 0.29) is 25.3 Å². The van der Waals surface area contributed by atoms with Gasteiger partial charge in [0.05, 0.1) is 13.2 Å². The zero-order chi connectivity index (χ0) is 15.7. The van der Waals surface area contributed by atoms with Crippen molar-refractivity contribution in [2.75, 3.05) is 13.2 Å². The molecule has 0 aliphatic rings. The first kappa shape index (κ1) is 17.6. The number of carbonyl (C=O) groups excluding carboxylic acids is 1. The van der Waals surface area contributed by atoms with Gasteiger partial charge in [-0.1, -0.05) is 38.1 Å². The molecule has 0 aromatic heterocycles. The molecular formula is C17H24O4. The summed E-state index contributed by atoms with van der Waals surface area (Å²) < 4.78 is 10.7. The molecule has 1 N–H and O–H groups in total. The van der Waals surface area contributed by atoms with Gasteiger partial charge >= 0.3 is 0 Å². The molecule has 0 bridgehead atoms. The quantitative estimate of drug-likeness (QED) is 0.561. The van der Waals surface area contributed by atoms with E-state index in [0.717, 1.165) is 11.1 Å². The first-order valence-electron chi connectivity index (χ1n) is 7.15. The van der Waals surface area contributed by atoms with E-state index in [0.29, 0.717) is 12.5 Å². The lowest BCUT2D eigenvalue weighted by Crippen LogP contribution is -2.19. The zero-order valence-corrected chi connectivity index (χ0v) is 12.9. The summed E-state index contributed by atoms with van der Waals surface area (Å²) >= 11 is 0. The van der Waals surface area contributed by atoms with Gasteiger partial charge in [0, 0.05) is 0 Å². The molecule has 1 atom stereocenters. The number of hydrogen-bond acceptors (Lipinski definition) is 4. The van der Waals surface area contributed by atoms with Crippen molar-refractivity contribution in [3.63, 3.8) is 0 Å². The molecule has 4 heteroatoms. The van der Waals surface area contributed by atoms with Crippen LogP contribution in [0.15, 0.2) is 30.3 Å². The van der Waals surface area contributed by atoms with Crippen LogP contribution in [0.2, 0.25) is 0 Å². The highest BCUT2D eigenvalue weighted by Crippen LogP contribution is 2.07. The van der Waals surface area contributed by atoms with E-state index in [9.17, 15) is 4.79 Å². The van der Waals surface area contributed by atoms with E-state index in [2.05, 4.69) is 13.8 Å². The van der Waals surface area contributed by atoms with Crippen molar-refractivity contribution in [2.45, 2.75) is 33.7 Å². The van der Waals surface area contributed by atoms with Gasteiger partial charge < -0.3 is 14.6 Å². The van der Waals surface area contributed by atoms with E-state index in [4.69, 9.17) is 14.6 Å². The maximum Gasteiger partial charge on any atom is 0.181 e. The Hall–Kier alpha value is -1.49. The van der Waals surface area contributed by atoms with Gasteiger partial charge in [-0.3, -0.25) is 4.79 Å². The minimum absolute atomic E-state index is 0.00451. The third kappa shape index (κ3) is 7.75. The fraction of sp³-hybridized carbons (Fsp3) is 0.471. The number of benzene rings is 1. The average Bonchev–Trinajstić information content (AvgIpc) is 2.49. The molecule has 1 aromatic rings. The lowest BCUT2D eigenvalue weighted by Gasteiger charge is -2.14. The minimum atomic E-state index is -0.387. The monoisotopic (exact) mass is 292 g/mol. The number of rotatable bonds is 9. The van der Waals surface area contributed by atoms with Crippen LogP contribution in [0.4, 0.5) is 0 Å². The first-order valence-corrected chi connectivity index (χ1v) is 7.15. The number of ketones is 1. The van der Waals surface area contributed by atoms with Crippen LogP contribution in [-0.2, 0) is 20.9 Å². The van der Waals surface area contributed by atoms with Crippen LogP contribution in [0.3, 0.4) is 0 Å². The number of ether oxygens (including phenoxy) is 2. The van der Waals surface area contributed by atoms with E-state index >= 15 is 0 Å². The van der Waals surface area contributed by atoms with Crippen molar-refractivity contribution >= 4 is 11.9 Å². The predicted molar refractivity (Wildman–Crippen MR) is 82.6 cm³/mol. The summed E-state index contributed by atoms with van der Waals surface area (Å²) in [7, 11) is 0. The van der Waals surface area contributed by atoms with Crippen molar-refractivity contribution in [3.05, 3.63) is 41.5 Å². The summed E-state index contributed by atoms with van der Waals surface area (Å²) in [5.74, 6) is 0.315. The molecule has 1 rings (SSSR count).